The Morgan fingerprint density at radius 1 is 1.32 bits per heavy atom. The maximum absolute atomic E-state index is 11.1. The lowest BCUT2D eigenvalue weighted by atomic mass is 9.90. The first-order valence-electron chi connectivity index (χ1n) is 8.02. The highest BCUT2D eigenvalue weighted by Gasteiger charge is 2.48. The standard InChI is InChI=1S/C18H17N3O3S/c1-11-3-5-12(6-4-11)20-17(25)19-15-10-18(20,2)24-16-8-7-13(21(22)23)9-14(15)16/h3-9,15H,10H2,1-2H3,(H,19,25)/t15-,18+/m1/s1. The van der Waals surface area contributed by atoms with Gasteiger partial charge in [-0.05, 0) is 44.3 Å². The molecule has 2 aliphatic rings. The Labute approximate surface area is 150 Å². The van der Waals surface area contributed by atoms with Crippen LogP contribution < -0.4 is 15.0 Å². The second kappa shape index (κ2) is 5.42. The van der Waals surface area contributed by atoms with Crippen molar-refractivity contribution in [1.82, 2.24) is 5.32 Å². The van der Waals surface area contributed by atoms with Crippen molar-refractivity contribution in [2.75, 3.05) is 4.90 Å². The van der Waals surface area contributed by atoms with Crippen LogP contribution in [0.25, 0.3) is 0 Å². The third-order valence-corrected chi connectivity index (χ3v) is 5.06. The number of fused-ring (bicyclic) bond motifs is 4. The topological polar surface area (TPSA) is 67.6 Å². The number of hydrogen-bond acceptors (Lipinski definition) is 4. The minimum absolute atomic E-state index is 0.0552. The van der Waals surface area contributed by atoms with E-state index in [2.05, 4.69) is 5.32 Å². The number of anilines is 1. The van der Waals surface area contributed by atoms with Crippen molar-refractivity contribution in [1.29, 1.82) is 0 Å². The Balaban J connectivity index is 1.77. The first kappa shape index (κ1) is 15.8. The average Bonchev–Trinajstić information content (AvgIpc) is 2.55. The minimum Gasteiger partial charge on any atom is -0.467 e. The van der Waals surface area contributed by atoms with Gasteiger partial charge in [-0.2, -0.15) is 0 Å². The van der Waals surface area contributed by atoms with Crippen LogP contribution >= 0.6 is 12.2 Å². The molecule has 2 bridgehead atoms. The summed E-state index contributed by atoms with van der Waals surface area (Å²) in [5, 5.41) is 14.9. The van der Waals surface area contributed by atoms with Gasteiger partial charge < -0.3 is 10.1 Å². The Morgan fingerprint density at radius 2 is 2.04 bits per heavy atom. The lowest BCUT2D eigenvalue weighted by molar-refractivity contribution is -0.385. The molecular formula is C18H17N3O3S. The predicted molar refractivity (Wildman–Crippen MR) is 98.9 cm³/mol. The summed E-state index contributed by atoms with van der Waals surface area (Å²) >= 11 is 5.58. The number of aryl methyl sites for hydroxylation is 1. The SMILES string of the molecule is Cc1ccc(N2C(=S)N[C@@H]3C[C@]2(C)Oc2ccc([N+](=O)[O-])cc23)cc1. The van der Waals surface area contributed by atoms with Gasteiger partial charge in [-0.1, -0.05) is 17.7 Å². The van der Waals surface area contributed by atoms with Crippen LogP contribution in [0.15, 0.2) is 42.5 Å². The molecule has 6 nitrogen and oxygen atoms in total. The molecule has 0 spiro atoms. The van der Waals surface area contributed by atoms with Crippen molar-refractivity contribution < 1.29 is 9.66 Å². The molecule has 0 aliphatic carbocycles. The normalized spacial score (nSPS) is 24.2. The Kier molecular flexibility index (Phi) is 3.43. The zero-order valence-corrected chi connectivity index (χ0v) is 14.7. The summed E-state index contributed by atoms with van der Waals surface area (Å²) in [5.41, 5.74) is 2.31. The third kappa shape index (κ3) is 2.51. The van der Waals surface area contributed by atoms with Crippen molar-refractivity contribution in [3.8, 4) is 5.75 Å². The molecule has 7 heteroatoms. The molecule has 2 aliphatic heterocycles. The van der Waals surface area contributed by atoms with Crippen molar-refractivity contribution in [2.24, 2.45) is 0 Å². The molecule has 0 unspecified atom stereocenters. The van der Waals surface area contributed by atoms with Gasteiger partial charge in [0.15, 0.2) is 10.8 Å². The van der Waals surface area contributed by atoms with Crippen molar-refractivity contribution in [2.45, 2.75) is 32.0 Å². The van der Waals surface area contributed by atoms with Gasteiger partial charge in [0.2, 0.25) is 0 Å². The van der Waals surface area contributed by atoms with Gasteiger partial charge >= 0.3 is 0 Å². The van der Waals surface area contributed by atoms with Gasteiger partial charge in [0.25, 0.3) is 5.69 Å². The summed E-state index contributed by atoms with van der Waals surface area (Å²) in [7, 11) is 0. The fourth-order valence-corrected chi connectivity index (χ4v) is 4.00. The van der Waals surface area contributed by atoms with Crippen LogP contribution in [0.3, 0.4) is 0 Å². The smallest absolute Gasteiger partial charge is 0.270 e. The molecule has 4 rings (SSSR count). The fourth-order valence-electron chi connectivity index (χ4n) is 3.56. The highest BCUT2D eigenvalue weighted by atomic mass is 32.1. The van der Waals surface area contributed by atoms with E-state index in [0.717, 1.165) is 11.3 Å². The molecule has 2 aromatic rings. The number of benzene rings is 2. The van der Waals surface area contributed by atoms with Crippen molar-refractivity contribution >= 4 is 28.7 Å². The van der Waals surface area contributed by atoms with Crippen LogP contribution in [0.5, 0.6) is 5.75 Å². The highest BCUT2D eigenvalue weighted by molar-refractivity contribution is 7.80. The molecule has 1 N–H and O–H groups in total. The maximum Gasteiger partial charge on any atom is 0.270 e. The average molecular weight is 355 g/mol. The molecular weight excluding hydrogens is 338 g/mol. The second-order valence-electron chi connectivity index (χ2n) is 6.63. The van der Waals surface area contributed by atoms with E-state index in [1.54, 1.807) is 12.1 Å². The Hall–Kier alpha value is -2.67. The van der Waals surface area contributed by atoms with Crippen molar-refractivity contribution in [3.05, 3.63) is 63.7 Å². The van der Waals surface area contributed by atoms with Gasteiger partial charge in [0.1, 0.15) is 5.75 Å². The van der Waals surface area contributed by atoms with Crippen molar-refractivity contribution in [3.63, 3.8) is 0 Å². The first-order chi connectivity index (χ1) is 11.9. The number of nitrogens with zero attached hydrogens (tertiary/aromatic N) is 2. The predicted octanol–water partition coefficient (Wildman–Crippen LogP) is 3.84. The van der Waals surface area contributed by atoms with Crippen LogP contribution in [-0.2, 0) is 0 Å². The molecule has 128 valence electrons. The van der Waals surface area contributed by atoms with Crippen LogP contribution in [0.4, 0.5) is 11.4 Å². The van der Waals surface area contributed by atoms with Crippen LogP contribution in [0.2, 0.25) is 0 Å². The van der Waals surface area contributed by atoms with Crippen LogP contribution in [0, 0.1) is 17.0 Å². The molecule has 2 heterocycles. The summed E-state index contributed by atoms with van der Waals surface area (Å²) in [6, 6.07) is 12.7. The van der Waals surface area contributed by atoms with Gasteiger partial charge in [-0.25, -0.2) is 0 Å². The quantitative estimate of drug-likeness (QED) is 0.502. The summed E-state index contributed by atoms with van der Waals surface area (Å²) in [5.74, 6) is 0.650. The number of nitrogens with one attached hydrogen (secondary N) is 1. The highest BCUT2D eigenvalue weighted by Crippen LogP contribution is 2.46. The molecule has 25 heavy (non-hydrogen) atoms. The molecule has 1 saturated heterocycles. The number of hydrogen-bond donors (Lipinski definition) is 1. The van der Waals surface area contributed by atoms with E-state index < -0.39 is 10.6 Å². The molecule has 0 saturated carbocycles. The van der Waals surface area contributed by atoms with Crippen LogP contribution in [-0.4, -0.2) is 15.8 Å². The van der Waals surface area contributed by atoms with E-state index in [1.165, 1.54) is 11.6 Å². The number of nitro benzene ring substituents is 1. The second-order valence-corrected chi connectivity index (χ2v) is 7.02. The Morgan fingerprint density at radius 3 is 2.72 bits per heavy atom. The van der Waals surface area contributed by atoms with Crippen LogP contribution in [0.1, 0.15) is 30.5 Å². The number of non-ortho nitro benzene ring substituents is 1. The van der Waals surface area contributed by atoms with E-state index in [9.17, 15) is 10.1 Å². The van der Waals surface area contributed by atoms with E-state index in [1.807, 2.05) is 43.0 Å². The van der Waals surface area contributed by atoms with E-state index in [0.29, 0.717) is 17.3 Å². The van der Waals surface area contributed by atoms with E-state index in [-0.39, 0.29) is 11.7 Å². The molecule has 0 amide bonds. The minimum atomic E-state index is -0.647. The molecule has 0 radical (unpaired) electrons. The lowest BCUT2D eigenvalue weighted by Gasteiger charge is -2.52. The molecule has 0 aromatic heterocycles. The summed E-state index contributed by atoms with van der Waals surface area (Å²) in [4.78, 5) is 12.6. The number of rotatable bonds is 2. The summed E-state index contributed by atoms with van der Waals surface area (Å²) in [6.45, 7) is 4.03. The molecule has 2 atom stereocenters. The van der Waals surface area contributed by atoms with Gasteiger partial charge in [0, 0.05) is 29.8 Å². The lowest BCUT2D eigenvalue weighted by Crippen LogP contribution is -2.65. The Bertz CT molecular complexity index is 884. The van der Waals surface area contributed by atoms with E-state index in [4.69, 9.17) is 17.0 Å². The van der Waals surface area contributed by atoms with Gasteiger partial charge in [-0.3, -0.25) is 15.0 Å². The largest absolute Gasteiger partial charge is 0.467 e. The zero-order valence-electron chi connectivity index (χ0n) is 13.9. The van der Waals surface area contributed by atoms with Gasteiger partial charge in [-0.15, -0.1) is 0 Å². The summed E-state index contributed by atoms with van der Waals surface area (Å²) < 4.78 is 6.27. The van der Waals surface area contributed by atoms with Gasteiger partial charge in [0.05, 0.1) is 11.0 Å². The number of nitro groups is 1. The monoisotopic (exact) mass is 355 g/mol. The van der Waals surface area contributed by atoms with E-state index >= 15 is 0 Å². The molecule has 1 fully saturated rings. The third-order valence-electron chi connectivity index (χ3n) is 4.76. The number of thiocarbonyl (C=S) groups is 1. The number of ether oxygens (including phenoxy) is 1. The molecule has 2 aromatic carbocycles. The first-order valence-corrected chi connectivity index (χ1v) is 8.43. The zero-order chi connectivity index (χ0) is 17.8. The summed E-state index contributed by atoms with van der Waals surface area (Å²) in [6.07, 6.45) is 0.634. The fraction of sp³-hybridized carbons (Fsp3) is 0.278. The maximum atomic E-state index is 11.1.